The summed E-state index contributed by atoms with van der Waals surface area (Å²) in [5.74, 6) is -0.992. The number of aromatic amines is 1. The van der Waals surface area contributed by atoms with E-state index in [9.17, 15) is 20.3 Å². The van der Waals surface area contributed by atoms with Crippen LogP contribution in [-0.2, 0) is 11.3 Å². The van der Waals surface area contributed by atoms with Crippen LogP contribution in [-0.4, -0.2) is 33.1 Å². The lowest BCUT2D eigenvalue weighted by Crippen LogP contribution is -2.27. The molecule has 1 aromatic carbocycles. The van der Waals surface area contributed by atoms with Crippen molar-refractivity contribution in [2.24, 2.45) is 0 Å². The Morgan fingerprint density at radius 3 is 2.73 bits per heavy atom. The molecule has 0 spiro atoms. The van der Waals surface area contributed by atoms with Gasteiger partial charge in [-0.05, 0) is 35.9 Å². The van der Waals surface area contributed by atoms with Crippen LogP contribution in [0.1, 0.15) is 11.3 Å². The minimum absolute atomic E-state index is 0.0563. The van der Waals surface area contributed by atoms with Crippen molar-refractivity contribution in [3.63, 3.8) is 0 Å². The number of H-pyrrole nitrogens is 1. The second kappa shape index (κ2) is 6.50. The summed E-state index contributed by atoms with van der Waals surface area (Å²) in [4.78, 5) is 16.7. The molecule has 0 atom stereocenters. The van der Waals surface area contributed by atoms with Crippen molar-refractivity contribution in [3.05, 3.63) is 53.4 Å². The number of phenolic OH excluding ortho intramolecular Hbond substituents is 2. The van der Waals surface area contributed by atoms with E-state index >= 15 is 0 Å². The van der Waals surface area contributed by atoms with Gasteiger partial charge in [0.05, 0.1) is 6.54 Å². The second-order valence-electron chi connectivity index (χ2n) is 4.77. The van der Waals surface area contributed by atoms with Gasteiger partial charge in [0, 0.05) is 18.9 Å². The van der Waals surface area contributed by atoms with Crippen LogP contribution in [0.2, 0.25) is 0 Å². The van der Waals surface area contributed by atoms with Gasteiger partial charge in [-0.25, -0.2) is 0 Å². The summed E-state index contributed by atoms with van der Waals surface area (Å²) in [5.41, 5.74) is 1.25. The van der Waals surface area contributed by atoms with Crippen LogP contribution < -0.4 is 0 Å². The Kier molecular flexibility index (Phi) is 4.49. The van der Waals surface area contributed by atoms with Gasteiger partial charge in [-0.3, -0.25) is 4.79 Å². The number of carbonyl (C=O) groups is 1. The van der Waals surface area contributed by atoms with E-state index in [0.717, 1.165) is 5.69 Å². The summed E-state index contributed by atoms with van der Waals surface area (Å²) < 4.78 is 0. The predicted octanol–water partition coefficient (Wildman–Crippen LogP) is 1.99. The van der Waals surface area contributed by atoms with Crippen molar-refractivity contribution in [1.29, 1.82) is 5.26 Å². The minimum Gasteiger partial charge on any atom is -0.504 e. The van der Waals surface area contributed by atoms with Gasteiger partial charge in [0.1, 0.15) is 11.6 Å². The zero-order valence-electron chi connectivity index (χ0n) is 11.9. The van der Waals surface area contributed by atoms with Gasteiger partial charge in [-0.2, -0.15) is 5.26 Å². The highest BCUT2D eigenvalue weighted by molar-refractivity contribution is 6.01. The number of nitrogens with zero attached hydrogens (tertiary/aromatic N) is 2. The number of benzene rings is 1. The zero-order valence-corrected chi connectivity index (χ0v) is 11.9. The van der Waals surface area contributed by atoms with Crippen LogP contribution in [0.3, 0.4) is 0 Å². The van der Waals surface area contributed by atoms with Crippen molar-refractivity contribution >= 4 is 12.0 Å². The summed E-state index contributed by atoms with van der Waals surface area (Å²) in [7, 11) is 1.60. The standard InChI is InChI=1S/C16H15N3O3/c1-19(10-13-3-2-6-18-13)16(22)12(9-17)7-11-4-5-14(20)15(21)8-11/h2-8,18,20-21H,10H2,1H3/b12-7+. The molecule has 0 fully saturated rings. The molecular formula is C16H15N3O3. The fourth-order valence-corrected chi connectivity index (χ4v) is 1.94. The summed E-state index contributed by atoms with van der Waals surface area (Å²) in [5, 5.41) is 27.9. The first-order chi connectivity index (χ1) is 10.5. The van der Waals surface area contributed by atoms with E-state index in [2.05, 4.69) is 4.98 Å². The van der Waals surface area contributed by atoms with Crippen molar-refractivity contribution in [2.45, 2.75) is 6.54 Å². The van der Waals surface area contributed by atoms with Crippen LogP contribution in [0.5, 0.6) is 11.5 Å². The molecule has 2 rings (SSSR count). The quantitative estimate of drug-likeness (QED) is 0.456. The van der Waals surface area contributed by atoms with E-state index in [4.69, 9.17) is 0 Å². The smallest absolute Gasteiger partial charge is 0.264 e. The van der Waals surface area contributed by atoms with Crippen molar-refractivity contribution in [1.82, 2.24) is 9.88 Å². The van der Waals surface area contributed by atoms with Crippen molar-refractivity contribution in [3.8, 4) is 17.6 Å². The molecule has 6 nitrogen and oxygen atoms in total. The molecule has 0 aliphatic carbocycles. The molecule has 3 N–H and O–H groups in total. The minimum atomic E-state index is -0.426. The highest BCUT2D eigenvalue weighted by Gasteiger charge is 2.15. The fourth-order valence-electron chi connectivity index (χ4n) is 1.94. The SMILES string of the molecule is CN(Cc1ccc[nH]1)C(=O)/C(C#N)=C/c1ccc(O)c(O)c1. The summed E-state index contributed by atoms with van der Waals surface area (Å²) >= 11 is 0. The summed E-state index contributed by atoms with van der Waals surface area (Å²) in [6.45, 7) is 0.353. The maximum absolute atomic E-state index is 12.3. The topological polar surface area (TPSA) is 100 Å². The van der Waals surface area contributed by atoms with E-state index in [1.807, 2.05) is 18.2 Å². The molecule has 0 aliphatic heterocycles. The molecular weight excluding hydrogens is 282 g/mol. The lowest BCUT2D eigenvalue weighted by atomic mass is 10.1. The lowest BCUT2D eigenvalue weighted by molar-refractivity contribution is -0.125. The largest absolute Gasteiger partial charge is 0.504 e. The van der Waals surface area contributed by atoms with E-state index in [-0.39, 0.29) is 17.1 Å². The number of carbonyl (C=O) groups excluding carboxylic acids is 1. The molecule has 0 bridgehead atoms. The third kappa shape index (κ3) is 3.46. The highest BCUT2D eigenvalue weighted by atomic mass is 16.3. The third-order valence-corrected chi connectivity index (χ3v) is 3.08. The average molecular weight is 297 g/mol. The Bertz CT molecular complexity index is 742. The first kappa shape index (κ1) is 15.2. The Morgan fingerprint density at radius 1 is 1.36 bits per heavy atom. The van der Waals surface area contributed by atoms with E-state index in [0.29, 0.717) is 12.1 Å². The van der Waals surface area contributed by atoms with E-state index in [1.54, 1.807) is 13.2 Å². The van der Waals surface area contributed by atoms with Gasteiger partial charge in [-0.1, -0.05) is 6.07 Å². The maximum Gasteiger partial charge on any atom is 0.264 e. The normalized spacial score (nSPS) is 11.0. The fraction of sp³-hybridized carbons (Fsp3) is 0.125. The summed E-state index contributed by atoms with van der Waals surface area (Å²) in [6.07, 6.45) is 3.13. The van der Waals surface area contributed by atoms with Gasteiger partial charge in [0.15, 0.2) is 11.5 Å². The number of phenols is 2. The number of nitriles is 1. The van der Waals surface area contributed by atoms with E-state index < -0.39 is 5.91 Å². The van der Waals surface area contributed by atoms with Crippen LogP contribution >= 0.6 is 0 Å². The molecule has 1 aromatic heterocycles. The summed E-state index contributed by atoms with van der Waals surface area (Å²) in [6, 6.07) is 9.61. The van der Waals surface area contributed by atoms with Crippen LogP contribution in [0.4, 0.5) is 0 Å². The highest BCUT2D eigenvalue weighted by Crippen LogP contribution is 2.26. The first-order valence-corrected chi connectivity index (χ1v) is 6.52. The number of aromatic hydroxyl groups is 2. The number of rotatable bonds is 4. The van der Waals surface area contributed by atoms with Crippen LogP contribution in [0.15, 0.2) is 42.1 Å². The molecule has 22 heavy (non-hydrogen) atoms. The molecule has 2 aromatic rings. The average Bonchev–Trinajstić information content (AvgIpc) is 3.00. The first-order valence-electron chi connectivity index (χ1n) is 6.52. The Morgan fingerprint density at radius 2 is 2.14 bits per heavy atom. The van der Waals surface area contributed by atoms with Gasteiger partial charge >= 0.3 is 0 Å². The number of nitrogens with one attached hydrogen (secondary N) is 1. The molecule has 1 amide bonds. The van der Waals surface area contributed by atoms with Crippen molar-refractivity contribution in [2.75, 3.05) is 7.05 Å². The molecule has 0 saturated heterocycles. The number of amides is 1. The van der Waals surface area contributed by atoms with Gasteiger partial charge in [-0.15, -0.1) is 0 Å². The van der Waals surface area contributed by atoms with E-state index in [1.165, 1.54) is 29.2 Å². The molecule has 112 valence electrons. The molecule has 0 saturated carbocycles. The lowest BCUT2D eigenvalue weighted by Gasteiger charge is -2.15. The number of hydrogen-bond acceptors (Lipinski definition) is 4. The van der Waals surface area contributed by atoms with Gasteiger partial charge < -0.3 is 20.1 Å². The molecule has 1 heterocycles. The van der Waals surface area contributed by atoms with Gasteiger partial charge in [0.2, 0.25) is 0 Å². The monoisotopic (exact) mass is 297 g/mol. The molecule has 6 heteroatoms. The molecule has 0 aliphatic rings. The van der Waals surface area contributed by atoms with Crippen LogP contribution in [0.25, 0.3) is 6.08 Å². The van der Waals surface area contributed by atoms with Crippen LogP contribution in [0, 0.1) is 11.3 Å². The molecule has 0 radical (unpaired) electrons. The number of hydrogen-bond donors (Lipinski definition) is 3. The Balaban J connectivity index is 2.19. The van der Waals surface area contributed by atoms with Crippen molar-refractivity contribution < 1.29 is 15.0 Å². The Hall–Kier alpha value is -3.20. The Labute approximate surface area is 127 Å². The number of likely N-dealkylation sites (N-methyl/N-ethyl adjacent to an activating group) is 1. The predicted molar refractivity (Wildman–Crippen MR) is 80.6 cm³/mol. The van der Waals surface area contributed by atoms with Gasteiger partial charge in [0.25, 0.3) is 5.91 Å². The maximum atomic E-state index is 12.3. The third-order valence-electron chi connectivity index (χ3n) is 3.08. The second-order valence-corrected chi connectivity index (χ2v) is 4.77. The zero-order chi connectivity index (χ0) is 16.1. The number of aromatic nitrogens is 1. The molecule has 0 unspecified atom stereocenters.